The number of methoxy groups -OCH3 is 1. The number of aliphatic hydroxyl groups excluding tert-OH is 2. The van der Waals surface area contributed by atoms with E-state index < -0.39 is 30.6 Å². The van der Waals surface area contributed by atoms with Crippen molar-refractivity contribution in [3.05, 3.63) is 35.9 Å². The molecule has 0 aromatic heterocycles. The second kappa shape index (κ2) is 38.5. The zero-order chi connectivity index (χ0) is 44.0. The average molecular weight is 857 g/mol. The van der Waals surface area contributed by atoms with Crippen LogP contribution < -0.4 is 5.32 Å². The molecular weight excluding hydrogens is 761 g/mol. The molecule has 0 spiro atoms. The van der Waals surface area contributed by atoms with Crippen molar-refractivity contribution in [2.45, 2.75) is 269 Å². The van der Waals surface area contributed by atoms with E-state index in [2.05, 4.69) is 43.4 Å². The molecule has 0 unspecified atom stereocenters. The van der Waals surface area contributed by atoms with Gasteiger partial charge in [0, 0.05) is 33.0 Å². The van der Waals surface area contributed by atoms with Crippen molar-refractivity contribution in [1.29, 1.82) is 0 Å². The maximum absolute atomic E-state index is 13.7. The summed E-state index contributed by atoms with van der Waals surface area (Å²) in [6.07, 6.45) is 37.5. The Balaban J connectivity index is 1.71. The van der Waals surface area contributed by atoms with Crippen LogP contribution in [0.25, 0.3) is 0 Å². The number of benzene rings is 1. The Morgan fingerprint density at radius 2 is 1.00 bits per heavy atom. The van der Waals surface area contributed by atoms with E-state index in [1.807, 2.05) is 11.0 Å². The Kier molecular flexibility index (Phi) is 34.8. The summed E-state index contributed by atoms with van der Waals surface area (Å²) in [4.78, 5) is 28.5. The number of rotatable bonds is 41. The summed E-state index contributed by atoms with van der Waals surface area (Å²) in [5.41, 5.74) is 1.28. The van der Waals surface area contributed by atoms with E-state index in [0.717, 1.165) is 57.8 Å². The summed E-state index contributed by atoms with van der Waals surface area (Å²) < 4.78 is 11.8. The maximum Gasteiger partial charge on any atom is 0.222 e. The lowest BCUT2D eigenvalue weighted by Gasteiger charge is -2.43. The molecule has 0 bridgehead atoms. The van der Waals surface area contributed by atoms with Crippen LogP contribution in [0.2, 0.25) is 0 Å². The monoisotopic (exact) mass is 857 g/mol. The van der Waals surface area contributed by atoms with Gasteiger partial charge in [-0.05, 0) is 37.7 Å². The van der Waals surface area contributed by atoms with Gasteiger partial charge in [-0.1, -0.05) is 224 Å². The van der Waals surface area contributed by atoms with Crippen molar-refractivity contribution in [1.82, 2.24) is 10.2 Å². The van der Waals surface area contributed by atoms with Crippen molar-refractivity contribution in [3.63, 3.8) is 0 Å². The number of aliphatic hydroxyl groups is 2. The molecule has 1 aliphatic rings. The predicted molar refractivity (Wildman–Crippen MR) is 255 cm³/mol. The van der Waals surface area contributed by atoms with Gasteiger partial charge in [-0.25, -0.2) is 0 Å². The first-order valence-corrected chi connectivity index (χ1v) is 26.1. The minimum Gasteiger partial charge on any atom is -0.388 e. The molecule has 2 rings (SSSR count). The number of carbonyl (C=O) groups excluding carboxylic acids is 2. The largest absolute Gasteiger partial charge is 0.388 e. The van der Waals surface area contributed by atoms with E-state index in [1.165, 1.54) is 167 Å². The number of nitrogens with zero attached hydrogens (tertiary/aromatic N) is 1. The van der Waals surface area contributed by atoms with Gasteiger partial charge in [0.05, 0.1) is 0 Å². The molecular formula is C53H96N2O6. The van der Waals surface area contributed by atoms with Crippen LogP contribution in [-0.2, 0) is 25.5 Å². The fourth-order valence-corrected chi connectivity index (χ4v) is 8.97. The van der Waals surface area contributed by atoms with Crippen molar-refractivity contribution >= 4 is 11.8 Å². The highest BCUT2D eigenvalue weighted by molar-refractivity contribution is 5.76. The molecule has 1 aliphatic heterocycles. The fraction of sp³-hybridized carbons (Fsp3) is 0.849. The highest BCUT2D eigenvalue weighted by atomic mass is 16.7. The second-order valence-electron chi connectivity index (χ2n) is 18.5. The molecule has 0 saturated carbocycles. The van der Waals surface area contributed by atoms with Crippen molar-refractivity contribution in [2.24, 2.45) is 0 Å². The number of hydrogen-bond acceptors (Lipinski definition) is 6. The Bertz CT molecular complexity index is 1150. The lowest BCUT2D eigenvalue weighted by Crippen LogP contribution is -2.65. The summed E-state index contributed by atoms with van der Waals surface area (Å²) in [7, 11) is 1.49. The van der Waals surface area contributed by atoms with Crippen LogP contribution in [0, 0.1) is 0 Å². The van der Waals surface area contributed by atoms with Gasteiger partial charge in [0.2, 0.25) is 11.8 Å². The molecule has 0 aliphatic carbocycles. The molecule has 3 N–H and O–H groups in total. The maximum atomic E-state index is 13.7. The third-order valence-electron chi connectivity index (χ3n) is 13.0. The molecule has 1 heterocycles. The second-order valence-corrected chi connectivity index (χ2v) is 18.5. The van der Waals surface area contributed by atoms with E-state index in [0.29, 0.717) is 19.4 Å². The zero-order valence-electron chi connectivity index (χ0n) is 39.9. The summed E-state index contributed by atoms with van der Waals surface area (Å²) in [6.45, 7) is 5.27. The number of amides is 2. The SMILES string of the molecule is CCCCCCCCCCCCCCCCCC(=O)N[C@H]1[C@@H](OC)O[C@H](CN(CCCCc2ccccc2)C(=O)CCCCCCCCCCCCCCCCC)[C@@H](O)[C@@H]1O. The van der Waals surface area contributed by atoms with Gasteiger partial charge < -0.3 is 29.9 Å². The van der Waals surface area contributed by atoms with E-state index >= 15 is 0 Å². The molecule has 8 nitrogen and oxygen atoms in total. The first-order valence-electron chi connectivity index (χ1n) is 26.1. The van der Waals surface area contributed by atoms with Gasteiger partial charge in [-0.15, -0.1) is 0 Å². The Morgan fingerprint density at radius 3 is 1.44 bits per heavy atom. The standard InChI is InChI=1S/C53H96N2O6/c1-4-6-8-10-12-14-16-18-20-22-24-26-28-30-35-42-48(56)54-50-52(59)51(58)47(61-53(50)60-3)45-55(44-38-37-41-46-39-33-32-34-40-46)49(57)43-36-31-29-27-25-23-21-19-17-15-13-11-9-7-5-2/h32-34,39-40,47,50-53,58-59H,4-31,35-38,41-45H2,1-3H3,(H,54,56)/t47-,50-,51-,52-,53+/m1/s1. The first kappa shape index (κ1) is 55.1. The molecule has 0 radical (unpaired) electrons. The number of carbonyl (C=O) groups is 2. The van der Waals surface area contributed by atoms with Crippen LogP contribution >= 0.6 is 0 Å². The van der Waals surface area contributed by atoms with Crippen molar-refractivity contribution in [3.8, 4) is 0 Å². The molecule has 354 valence electrons. The quantitative estimate of drug-likeness (QED) is 0.0566. The van der Waals surface area contributed by atoms with Crippen LogP contribution in [0.1, 0.15) is 238 Å². The first-order chi connectivity index (χ1) is 29.9. The Morgan fingerprint density at radius 1 is 0.574 bits per heavy atom. The Labute approximate surface area is 375 Å². The smallest absolute Gasteiger partial charge is 0.222 e. The Hall–Kier alpha value is -2.00. The van der Waals surface area contributed by atoms with E-state index in [9.17, 15) is 19.8 Å². The zero-order valence-corrected chi connectivity index (χ0v) is 39.9. The molecule has 1 fully saturated rings. The normalized spacial score (nSPS) is 19.0. The summed E-state index contributed by atoms with van der Waals surface area (Å²) in [5, 5.41) is 25.5. The molecule has 5 atom stereocenters. The number of nitrogens with one attached hydrogen (secondary N) is 1. The van der Waals surface area contributed by atoms with Gasteiger partial charge in [-0.2, -0.15) is 0 Å². The van der Waals surface area contributed by atoms with Gasteiger partial charge in [0.15, 0.2) is 6.29 Å². The lowest BCUT2D eigenvalue weighted by atomic mass is 9.95. The predicted octanol–water partition coefficient (Wildman–Crippen LogP) is 12.9. The average Bonchev–Trinajstić information content (AvgIpc) is 3.27. The molecule has 8 heteroatoms. The topological polar surface area (TPSA) is 108 Å². The van der Waals surface area contributed by atoms with E-state index in [-0.39, 0.29) is 18.4 Å². The summed E-state index contributed by atoms with van der Waals surface area (Å²) >= 11 is 0. The van der Waals surface area contributed by atoms with E-state index in [4.69, 9.17) is 9.47 Å². The minimum atomic E-state index is -1.28. The lowest BCUT2D eigenvalue weighted by molar-refractivity contribution is -0.259. The molecule has 1 saturated heterocycles. The van der Waals surface area contributed by atoms with Crippen LogP contribution in [-0.4, -0.2) is 77.8 Å². The molecule has 2 amide bonds. The number of unbranched alkanes of at least 4 members (excludes halogenated alkanes) is 29. The van der Waals surface area contributed by atoms with Gasteiger partial charge in [0.1, 0.15) is 24.4 Å². The highest BCUT2D eigenvalue weighted by Gasteiger charge is 2.46. The van der Waals surface area contributed by atoms with Gasteiger partial charge >= 0.3 is 0 Å². The third kappa shape index (κ3) is 27.7. The molecule has 61 heavy (non-hydrogen) atoms. The fourth-order valence-electron chi connectivity index (χ4n) is 8.97. The number of hydrogen-bond donors (Lipinski definition) is 3. The summed E-state index contributed by atoms with van der Waals surface area (Å²) in [5.74, 6) is -0.110. The van der Waals surface area contributed by atoms with Gasteiger partial charge in [-0.3, -0.25) is 9.59 Å². The van der Waals surface area contributed by atoms with Gasteiger partial charge in [0.25, 0.3) is 0 Å². The van der Waals surface area contributed by atoms with Crippen molar-refractivity contribution < 1.29 is 29.3 Å². The third-order valence-corrected chi connectivity index (χ3v) is 13.0. The molecule has 1 aromatic rings. The minimum absolute atomic E-state index is 0.0626. The van der Waals surface area contributed by atoms with E-state index in [1.54, 1.807) is 0 Å². The highest BCUT2D eigenvalue weighted by Crippen LogP contribution is 2.24. The van der Waals surface area contributed by atoms with Crippen LogP contribution in [0.4, 0.5) is 0 Å². The van der Waals surface area contributed by atoms with Crippen LogP contribution in [0.15, 0.2) is 30.3 Å². The number of aryl methyl sites for hydroxylation is 1. The number of ether oxygens (including phenoxy) is 2. The summed E-state index contributed by atoms with van der Waals surface area (Å²) in [6, 6.07) is 9.50. The van der Waals surface area contributed by atoms with Crippen LogP contribution in [0.5, 0.6) is 0 Å². The molecule has 1 aromatic carbocycles. The van der Waals surface area contributed by atoms with Crippen molar-refractivity contribution in [2.75, 3.05) is 20.2 Å². The van der Waals surface area contributed by atoms with Crippen LogP contribution in [0.3, 0.4) is 0 Å².